The predicted octanol–water partition coefficient (Wildman–Crippen LogP) is 8.98. The summed E-state index contributed by atoms with van der Waals surface area (Å²) in [5, 5.41) is 0. The third-order valence-corrected chi connectivity index (χ3v) is 6.26. The number of methoxy groups -OCH3 is 1. The van der Waals surface area contributed by atoms with Gasteiger partial charge in [0.25, 0.3) is 0 Å². The highest BCUT2D eigenvalue weighted by molar-refractivity contribution is 5.26. The van der Waals surface area contributed by atoms with Crippen molar-refractivity contribution in [1.29, 1.82) is 0 Å². The van der Waals surface area contributed by atoms with E-state index in [0.29, 0.717) is 23.6 Å². The highest BCUT2D eigenvalue weighted by atomic mass is 16.5. The van der Waals surface area contributed by atoms with E-state index >= 15 is 0 Å². The van der Waals surface area contributed by atoms with E-state index in [2.05, 4.69) is 121 Å². The molecule has 0 amide bonds. The van der Waals surface area contributed by atoms with Gasteiger partial charge in [-0.3, -0.25) is 4.90 Å². The number of aryl methyl sites for hydroxylation is 1. The molecule has 3 nitrogen and oxygen atoms in total. The molecular formula is C33H50N2O. The van der Waals surface area contributed by atoms with Crippen LogP contribution in [0.25, 0.3) is 0 Å². The first kappa shape index (κ1) is 31.4. The van der Waals surface area contributed by atoms with Gasteiger partial charge in [-0.2, -0.15) is 0 Å². The highest BCUT2D eigenvalue weighted by Gasteiger charge is 2.03. The third-order valence-electron chi connectivity index (χ3n) is 6.26. The lowest BCUT2D eigenvalue weighted by molar-refractivity contribution is 0.296. The zero-order chi connectivity index (χ0) is 27.1. The van der Waals surface area contributed by atoms with Crippen molar-refractivity contribution in [2.24, 2.45) is 0 Å². The van der Waals surface area contributed by atoms with Gasteiger partial charge in [-0.05, 0) is 60.0 Å². The minimum absolute atomic E-state index is 0.536. The lowest BCUT2D eigenvalue weighted by atomic mass is 10.0. The Hall–Kier alpha value is -2.65. The molecule has 0 aliphatic heterocycles. The zero-order valence-corrected chi connectivity index (χ0v) is 24.5. The standard InChI is InChI=1S/C14H23N.C10H14.C9H13NO/c1-5-15(6-2)11-13-8-7-9-14(10-13)12(3)4;1-8(2)10-6-4-5-9(3)7-10;1-7(2)8-4-5-9(11-3)10-6-8/h7-10,12H,5-6,11H2,1-4H3;4-8H,1-3H3;4-7H,1-3H3. The van der Waals surface area contributed by atoms with Gasteiger partial charge >= 0.3 is 0 Å². The fourth-order valence-corrected chi connectivity index (χ4v) is 3.64. The van der Waals surface area contributed by atoms with E-state index in [9.17, 15) is 0 Å². The molecular weight excluding hydrogens is 440 g/mol. The molecule has 0 aliphatic carbocycles. The van der Waals surface area contributed by atoms with Gasteiger partial charge in [-0.1, -0.05) is 116 Å². The molecule has 3 aromatic rings. The minimum atomic E-state index is 0.536. The molecule has 0 unspecified atom stereocenters. The Kier molecular flexibility index (Phi) is 14.7. The van der Waals surface area contributed by atoms with Crippen molar-refractivity contribution in [3.8, 4) is 5.88 Å². The maximum absolute atomic E-state index is 4.94. The van der Waals surface area contributed by atoms with E-state index in [-0.39, 0.29) is 0 Å². The second-order valence-electron chi connectivity index (χ2n) is 10.2. The Morgan fingerprint density at radius 2 is 1.28 bits per heavy atom. The quantitative estimate of drug-likeness (QED) is 0.315. The van der Waals surface area contributed by atoms with E-state index in [1.165, 1.54) is 27.8 Å². The summed E-state index contributed by atoms with van der Waals surface area (Å²) in [6.07, 6.45) is 1.85. The van der Waals surface area contributed by atoms with Crippen LogP contribution in [0.15, 0.2) is 66.9 Å². The Labute approximate surface area is 221 Å². The summed E-state index contributed by atoms with van der Waals surface area (Å²) in [4.78, 5) is 6.54. The van der Waals surface area contributed by atoms with Crippen LogP contribution in [0.2, 0.25) is 0 Å². The maximum atomic E-state index is 4.94. The number of hydrogen-bond acceptors (Lipinski definition) is 3. The predicted molar refractivity (Wildman–Crippen MR) is 157 cm³/mol. The number of hydrogen-bond donors (Lipinski definition) is 0. The van der Waals surface area contributed by atoms with Crippen LogP contribution in [-0.4, -0.2) is 30.1 Å². The molecule has 1 heterocycles. The molecule has 3 rings (SSSR count). The first-order valence-corrected chi connectivity index (χ1v) is 13.5. The number of aromatic nitrogens is 1. The number of benzene rings is 2. The smallest absolute Gasteiger partial charge is 0.212 e. The van der Waals surface area contributed by atoms with E-state index in [1.807, 2.05) is 18.3 Å². The molecule has 0 spiro atoms. The Bertz CT molecular complexity index is 973. The van der Waals surface area contributed by atoms with Crippen molar-refractivity contribution in [3.63, 3.8) is 0 Å². The molecule has 0 bridgehead atoms. The van der Waals surface area contributed by atoms with Crippen LogP contribution in [0.4, 0.5) is 0 Å². The summed E-state index contributed by atoms with van der Waals surface area (Å²) in [6, 6.07) is 21.5. The molecule has 0 atom stereocenters. The number of nitrogens with zero attached hydrogens (tertiary/aromatic N) is 2. The van der Waals surface area contributed by atoms with Crippen molar-refractivity contribution in [2.75, 3.05) is 20.2 Å². The van der Waals surface area contributed by atoms with Crippen LogP contribution in [0.1, 0.15) is 101 Å². The Balaban J connectivity index is 0.000000277. The summed E-state index contributed by atoms with van der Waals surface area (Å²) >= 11 is 0. The van der Waals surface area contributed by atoms with Crippen LogP contribution in [0.3, 0.4) is 0 Å². The maximum Gasteiger partial charge on any atom is 0.212 e. The average Bonchev–Trinajstić information content (AvgIpc) is 2.88. The summed E-state index contributed by atoms with van der Waals surface area (Å²) in [5.41, 5.74) is 6.90. The van der Waals surface area contributed by atoms with Gasteiger partial charge in [-0.15, -0.1) is 0 Å². The van der Waals surface area contributed by atoms with Crippen LogP contribution in [0, 0.1) is 6.92 Å². The molecule has 2 aromatic carbocycles. The van der Waals surface area contributed by atoms with E-state index in [0.717, 1.165) is 19.6 Å². The second kappa shape index (κ2) is 16.9. The Morgan fingerprint density at radius 3 is 1.69 bits per heavy atom. The van der Waals surface area contributed by atoms with Gasteiger partial charge < -0.3 is 4.74 Å². The molecule has 0 saturated carbocycles. The normalized spacial score (nSPS) is 10.7. The Morgan fingerprint density at radius 1 is 0.722 bits per heavy atom. The van der Waals surface area contributed by atoms with Crippen LogP contribution >= 0.6 is 0 Å². The number of ether oxygens (including phenoxy) is 1. The molecule has 198 valence electrons. The summed E-state index contributed by atoms with van der Waals surface area (Å²) in [7, 11) is 1.62. The highest BCUT2D eigenvalue weighted by Crippen LogP contribution is 2.17. The van der Waals surface area contributed by atoms with Gasteiger partial charge in [0.2, 0.25) is 5.88 Å². The second-order valence-corrected chi connectivity index (χ2v) is 10.2. The minimum Gasteiger partial charge on any atom is -0.481 e. The van der Waals surface area contributed by atoms with Gasteiger partial charge in [0, 0.05) is 18.8 Å². The molecule has 3 heteroatoms. The fourth-order valence-electron chi connectivity index (χ4n) is 3.64. The summed E-state index contributed by atoms with van der Waals surface area (Å²) in [6.45, 7) is 23.1. The van der Waals surface area contributed by atoms with E-state index in [4.69, 9.17) is 4.74 Å². The van der Waals surface area contributed by atoms with Gasteiger partial charge in [0.05, 0.1) is 7.11 Å². The van der Waals surface area contributed by atoms with Crippen molar-refractivity contribution in [3.05, 3.63) is 94.7 Å². The summed E-state index contributed by atoms with van der Waals surface area (Å²) < 4.78 is 4.94. The topological polar surface area (TPSA) is 25.4 Å². The zero-order valence-electron chi connectivity index (χ0n) is 24.5. The largest absolute Gasteiger partial charge is 0.481 e. The lowest BCUT2D eigenvalue weighted by Gasteiger charge is -2.18. The molecule has 0 N–H and O–H groups in total. The van der Waals surface area contributed by atoms with E-state index in [1.54, 1.807) is 7.11 Å². The average molecular weight is 491 g/mol. The van der Waals surface area contributed by atoms with Gasteiger partial charge in [0.1, 0.15) is 0 Å². The molecule has 0 radical (unpaired) electrons. The lowest BCUT2D eigenvalue weighted by Crippen LogP contribution is -2.22. The van der Waals surface area contributed by atoms with Crippen molar-refractivity contribution >= 4 is 0 Å². The van der Waals surface area contributed by atoms with Crippen LogP contribution in [0.5, 0.6) is 5.88 Å². The van der Waals surface area contributed by atoms with E-state index < -0.39 is 0 Å². The summed E-state index contributed by atoms with van der Waals surface area (Å²) in [5.74, 6) is 2.49. The first-order chi connectivity index (χ1) is 17.1. The first-order valence-electron chi connectivity index (χ1n) is 13.5. The third kappa shape index (κ3) is 11.9. The van der Waals surface area contributed by atoms with Gasteiger partial charge in [-0.25, -0.2) is 4.98 Å². The van der Waals surface area contributed by atoms with Crippen molar-refractivity contribution in [2.45, 2.75) is 86.6 Å². The number of pyridine rings is 1. The van der Waals surface area contributed by atoms with Crippen LogP contribution < -0.4 is 4.74 Å². The van der Waals surface area contributed by atoms with Gasteiger partial charge in [0.15, 0.2) is 0 Å². The monoisotopic (exact) mass is 490 g/mol. The van der Waals surface area contributed by atoms with Crippen molar-refractivity contribution in [1.82, 2.24) is 9.88 Å². The number of rotatable bonds is 8. The molecule has 0 saturated heterocycles. The SMILES string of the molecule is CCN(CC)Cc1cccc(C(C)C)c1.COc1ccc(C(C)C)cn1.Cc1cccc(C(C)C)c1. The molecule has 36 heavy (non-hydrogen) atoms. The van der Waals surface area contributed by atoms with Crippen LogP contribution in [-0.2, 0) is 6.54 Å². The molecule has 0 fully saturated rings. The molecule has 1 aromatic heterocycles. The fraction of sp³-hybridized carbons (Fsp3) is 0.485. The molecule has 0 aliphatic rings. The van der Waals surface area contributed by atoms with Crippen molar-refractivity contribution < 1.29 is 4.74 Å².